The van der Waals surface area contributed by atoms with Gasteiger partial charge in [0.1, 0.15) is 0 Å². The highest BCUT2D eigenvalue weighted by Crippen LogP contribution is 2.43. The van der Waals surface area contributed by atoms with Crippen molar-refractivity contribution >= 4 is 5.97 Å². The standard InChI is InChI=1S/C13H12O2/c1-2-10-4-6-11(7-5-10)13(12(14)15)8-3-9-13/h1,4-7H,3,8-9H2,(H,14,15). The Morgan fingerprint density at radius 1 is 1.33 bits per heavy atom. The quantitative estimate of drug-likeness (QED) is 0.743. The predicted molar refractivity (Wildman–Crippen MR) is 57.5 cm³/mol. The van der Waals surface area contributed by atoms with Crippen LogP contribution >= 0.6 is 0 Å². The fourth-order valence-corrected chi connectivity index (χ4v) is 2.04. The Bertz CT molecular complexity index is 419. The molecular weight excluding hydrogens is 188 g/mol. The normalized spacial score (nSPS) is 17.5. The molecule has 1 aromatic rings. The first kappa shape index (κ1) is 9.79. The van der Waals surface area contributed by atoms with Crippen LogP contribution in [0, 0.1) is 12.3 Å². The van der Waals surface area contributed by atoms with Crippen LogP contribution in [0.15, 0.2) is 24.3 Å². The van der Waals surface area contributed by atoms with Crippen LogP contribution in [-0.4, -0.2) is 11.1 Å². The molecule has 76 valence electrons. The van der Waals surface area contributed by atoms with Crippen molar-refractivity contribution < 1.29 is 9.90 Å². The molecule has 1 N–H and O–H groups in total. The van der Waals surface area contributed by atoms with Gasteiger partial charge in [0.05, 0.1) is 5.41 Å². The van der Waals surface area contributed by atoms with Gasteiger partial charge in [0.15, 0.2) is 0 Å². The fraction of sp³-hybridized carbons (Fsp3) is 0.308. The van der Waals surface area contributed by atoms with Gasteiger partial charge in [-0.05, 0) is 30.5 Å². The number of hydrogen-bond donors (Lipinski definition) is 1. The Kier molecular flexibility index (Phi) is 2.24. The molecule has 0 spiro atoms. The first-order chi connectivity index (χ1) is 7.19. The Labute approximate surface area is 88.9 Å². The monoisotopic (exact) mass is 200 g/mol. The highest BCUT2D eigenvalue weighted by molar-refractivity contribution is 5.82. The number of rotatable bonds is 2. The molecule has 0 heterocycles. The van der Waals surface area contributed by atoms with Crippen LogP contribution in [0.5, 0.6) is 0 Å². The third kappa shape index (κ3) is 1.41. The largest absolute Gasteiger partial charge is 0.481 e. The second kappa shape index (κ2) is 3.43. The van der Waals surface area contributed by atoms with E-state index in [1.165, 1.54) is 0 Å². The molecule has 2 heteroatoms. The summed E-state index contributed by atoms with van der Waals surface area (Å²) >= 11 is 0. The van der Waals surface area contributed by atoms with E-state index < -0.39 is 11.4 Å². The molecule has 0 aromatic heterocycles. The van der Waals surface area contributed by atoms with E-state index in [4.69, 9.17) is 6.42 Å². The van der Waals surface area contributed by atoms with Crippen LogP contribution in [0.25, 0.3) is 0 Å². The van der Waals surface area contributed by atoms with E-state index in [9.17, 15) is 9.90 Å². The van der Waals surface area contributed by atoms with Gasteiger partial charge in [-0.2, -0.15) is 0 Å². The van der Waals surface area contributed by atoms with Gasteiger partial charge in [-0.3, -0.25) is 4.79 Å². The summed E-state index contributed by atoms with van der Waals surface area (Å²) in [5.74, 6) is 1.80. The summed E-state index contributed by atoms with van der Waals surface area (Å²) in [6, 6.07) is 7.28. The fourth-order valence-electron chi connectivity index (χ4n) is 2.04. The third-order valence-corrected chi connectivity index (χ3v) is 3.22. The van der Waals surface area contributed by atoms with Crippen LogP contribution < -0.4 is 0 Å². The Balaban J connectivity index is 2.36. The molecular formula is C13H12O2. The number of carboxylic acid groups (broad SMARTS) is 1. The average Bonchev–Trinajstić information content (AvgIpc) is 2.16. The van der Waals surface area contributed by atoms with Crippen molar-refractivity contribution in [1.29, 1.82) is 0 Å². The van der Waals surface area contributed by atoms with Crippen LogP contribution in [0.1, 0.15) is 30.4 Å². The van der Waals surface area contributed by atoms with Gasteiger partial charge in [0.2, 0.25) is 0 Å². The molecule has 0 atom stereocenters. The highest BCUT2D eigenvalue weighted by Gasteiger charge is 2.45. The number of carboxylic acids is 1. The number of aliphatic carboxylic acids is 1. The average molecular weight is 200 g/mol. The molecule has 0 bridgehead atoms. The van der Waals surface area contributed by atoms with Gasteiger partial charge in [0.25, 0.3) is 0 Å². The van der Waals surface area contributed by atoms with Crippen molar-refractivity contribution in [2.75, 3.05) is 0 Å². The minimum absolute atomic E-state index is 0.646. The van der Waals surface area contributed by atoms with Crippen LogP contribution in [-0.2, 0) is 10.2 Å². The first-order valence-electron chi connectivity index (χ1n) is 4.99. The zero-order valence-electron chi connectivity index (χ0n) is 8.36. The zero-order valence-corrected chi connectivity index (χ0v) is 8.36. The Morgan fingerprint density at radius 3 is 2.27 bits per heavy atom. The summed E-state index contributed by atoms with van der Waals surface area (Å²) in [4.78, 5) is 11.2. The summed E-state index contributed by atoms with van der Waals surface area (Å²) in [7, 11) is 0. The molecule has 0 saturated heterocycles. The molecule has 0 aliphatic heterocycles. The summed E-state index contributed by atoms with van der Waals surface area (Å²) in [6.45, 7) is 0. The molecule has 2 nitrogen and oxygen atoms in total. The van der Waals surface area contributed by atoms with E-state index in [-0.39, 0.29) is 0 Å². The molecule has 15 heavy (non-hydrogen) atoms. The van der Waals surface area contributed by atoms with Crippen molar-refractivity contribution in [3.8, 4) is 12.3 Å². The summed E-state index contributed by atoms with van der Waals surface area (Å²) < 4.78 is 0. The molecule has 1 aliphatic carbocycles. The van der Waals surface area contributed by atoms with Crippen molar-refractivity contribution in [2.24, 2.45) is 0 Å². The van der Waals surface area contributed by atoms with Crippen molar-refractivity contribution in [2.45, 2.75) is 24.7 Å². The number of hydrogen-bond acceptors (Lipinski definition) is 1. The lowest BCUT2D eigenvalue weighted by Crippen LogP contribution is -2.42. The summed E-state index contributed by atoms with van der Waals surface area (Å²) in [5, 5.41) is 9.22. The van der Waals surface area contributed by atoms with Gasteiger partial charge < -0.3 is 5.11 Å². The summed E-state index contributed by atoms with van der Waals surface area (Å²) in [6.07, 6.45) is 7.71. The lowest BCUT2D eigenvalue weighted by atomic mass is 9.64. The number of carbonyl (C=O) groups is 1. The van der Waals surface area contributed by atoms with E-state index in [0.717, 1.165) is 30.4 Å². The maximum atomic E-state index is 11.2. The first-order valence-corrected chi connectivity index (χ1v) is 4.99. The van der Waals surface area contributed by atoms with Crippen molar-refractivity contribution in [3.05, 3.63) is 35.4 Å². The van der Waals surface area contributed by atoms with Gasteiger partial charge in [-0.25, -0.2) is 0 Å². The molecule has 1 aromatic carbocycles. The van der Waals surface area contributed by atoms with Crippen molar-refractivity contribution in [1.82, 2.24) is 0 Å². The molecule has 1 saturated carbocycles. The van der Waals surface area contributed by atoms with Crippen LogP contribution in [0.2, 0.25) is 0 Å². The topological polar surface area (TPSA) is 37.3 Å². The molecule has 1 aliphatic rings. The smallest absolute Gasteiger partial charge is 0.314 e. The lowest BCUT2D eigenvalue weighted by Gasteiger charge is -2.38. The lowest BCUT2D eigenvalue weighted by molar-refractivity contribution is -0.147. The zero-order chi connectivity index (χ0) is 10.9. The van der Waals surface area contributed by atoms with Crippen LogP contribution in [0.4, 0.5) is 0 Å². The second-order valence-corrected chi connectivity index (χ2v) is 3.96. The van der Waals surface area contributed by atoms with Crippen LogP contribution in [0.3, 0.4) is 0 Å². The van der Waals surface area contributed by atoms with E-state index in [1.807, 2.05) is 12.1 Å². The van der Waals surface area contributed by atoms with E-state index in [0.29, 0.717) is 0 Å². The van der Waals surface area contributed by atoms with E-state index in [2.05, 4.69) is 5.92 Å². The van der Waals surface area contributed by atoms with E-state index in [1.54, 1.807) is 12.1 Å². The maximum absolute atomic E-state index is 11.2. The minimum atomic E-state index is -0.720. The molecule has 0 radical (unpaired) electrons. The Morgan fingerprint density at radius 2 is 1.93 bits per heavy atom. The van der Waals surface area contributed by atoms with Crippen molar-refractivity contribution in [3.63, 3.8) is 0 Å². The van der Waals surface area contributed by atoms with Gasteiger partial charge in [-0.15, -0.1) is 6.42 Å². The molecule has 2 rings (SSSR count). The minimum Gasteiger partial charge on any atom is -0.481 e. The third-order valence-electron chi connectivity index (χ3n) is 3.22. The van der Waals surface area contributed by atoms with Gasteiger partial charge in [-0.1, -0.05) is 24.5 Å². The number of terminal acetylenes is 1. The predicted octanol–water partition coefficient (Wildman–Crippen LogP) is 2.17. The summed E-state index contributed by atoms with van der Waals surface area (Å²) in [5.41, 5.74) is 1.02. The maximum Gasteiger partial charge on any atom is 0.314 e. The second-order valence-electron chi connectivity index (χ2n) is 3.96. The SMILES string of the molecule is C#Cc1ccc(C2(C(=O)O)CCC2)cc1. The molecule has 0 unspecified atom stereocenters. The Hall–Kier alpha value is -1.75. The van der Waals surface area contributed by atoms with Gasteiger partial charge in [0, 0.05) is 5.56 Å². The number of benzene rings is 1. The molecule has 0 amide bonds. The van der Waals surface area contributed by atoms with Gasteiger partial charge >= 0.3 is 5.97 Å². The molecule has 1 fully saturated rings. The highest BCUT2D eigenvalue weighted by atomic mass is 16.4. The van der Waals surface area contributed by atoms with E-state index >= 15 is 0 Å².